The van der Waals surface area contributed by atoms with E-state index in [-0.39, 0.29) is 0 Å². The minimum absolute atomic E-state index is 0.481. The van der Waals surface area contributed by atoms with E-state index < -0.39 is 0 Å². The summed E-state index contributed by atoms with van der Waals surface area (Å²) in [7, 11) is 0. The summed E-state index contributed by atoms with van der Waals surface area (Å²) < 4.78 is 21.4. The fourth-order valence-corrected chi connectivity index (χ4v) is 1.76. The molecule has 1 aromatic carbocycles. The molecule has 0 N–H and O–H groups in total. The quantitative estimate of drug-likeness (QED) is 0.561. The second-order valence-corrected chi connectivity index (χ2v) is 4.61. The van der Waals surface area contributed by atoms with E-state index >= 15 is 0 Å². The van der Waals surface area contributed by atoms with Gasteiger partial charge in [-0.15, -0.1) is 0 Å². The first-order valence-corrected chi connectivity index (χ1v) is 9.10. The van der Waals surface area contributed by atoms with Gasteiger partial charge in [-0.3, -0.25) is 0 Å². The second-order valence-electron chi connectivity index (χ2n) is 4.61. The summed E-state index contributed by atoms with van der Waals surface area (Å²) in [6.07, 6.45) is 0.849. The lowest BCUT2D eigenvalue weighted by Gasteiger charge is -2.07. The van der Waals surface area contributed by atoms with Crippen LogP contribution in [0.1, 0.15) is 45.6 Å². The Morgan fingerprint density at radius 3 is 2.20 bits per heavy atom. The predicted molar refractivity (Wildman–Crippen MR) is 101 cm³/mol. The molecule has 5 heteroatoms. The number of nitrogens with zero attached hydrogens (tertiary/aromatic N) is 1. The Morgan fingerprint density at radius 1 is 0.880 bits per heavy atom. The molecule has 0 fully saturated rings. The highest BCUT2D eigenvalue weighted by molar-refractivity contribution is 5.20. The third-order valence-electron chi connectivity index (χ3n) is 2.74. The Kier molecular flexibility index (Phi) is 15.7. The van der Waals surface area contributed by atoms with Gasteiger partial charge in [0, 0.05) is 19.3 Å². The zero-order valence-corrected chi connectivity index (χ0v) is 16.3. The number of para-hydroxylation sites is 1. The summed E-state index contributed by atoms with van der Waals surface area (Å²) in [4.78, 5) is 0. The van der Waals surface area contributed by atoms with Crippen LogP contribution in [0.5, 0.6) is 5.75 Å². The maximum Gasteiger partial charge on any atom is 0.134 e. The summed E-state index contributed by atoms with van der Waals surface area (Å²) in [5, 5.41) is 3.86. The minimum Gasteiger partial charge on any atom is -0.491 e. The molecule has 1 aromatic heterocycles. The summed E-state index contributed by atoms with van der Waals surface area (Å²) in [6, 6.07) is 11.6. The molecular weight excluding hydrogens is 318 g/mol. The van der Waals surface area contributed by atoms with E-state index in [2.05, 4.69) is 5.16 Å². The highest BCUT2D eigenvalue weighted by Crippen LogP contribution is 2.07. The van der Waals surface area contributed by atoms with Gasteiger partial charge in [0.15, 0.2) is 0 Å². The van der Waals surface area contributed by atoms with Crippen LogP contribution in [0.4, 0.5) is 0 Å². The van der Waals surface area contributed by atoms with Gasteiger partial charge in [0.2, 0.25) is 0 Å². The average molecular weight is 351 g/mol. The Balaban J connectivity index is 0.00000134. The highest BCUT2D eigenvalue weighted by atomic mass is 16.5. The number of ether oxygens (including phenoxy) is 3. The molecule has 0 amide bonds. The fraction of sp³-hybridized carbons (Fsp3) is 0.550. The van der Waals surface area contributed by atoms with Crippen molar-refractivity contribution in [2.24, 2.45) is 0 Å². The SMILES string of the molecule is CC.CC.Cc1cc(COCCCOCCOc2ccccc2)no1. The maximum absolute atomic E-state index is 5.52. The lowest BCUT2D eigenvalue weighted by atomic mass is 10.3. The molecule has 0 unspecified atom stereocenters. The van der Waals surface area contributed by atoms with Gasteiger partial charge in [-0.1, -0.05) is 51.1 Å². The third-order valence-corrected chi connectivity index (χ3v) is 2.74. The molecule has 2 rings (SSSR count). The smallest absolute Gasteiger partial charge is 0.134 e. The summed E-state index contributed by atoms with van der Waals surface area (Å²) in [5.74, 6) is 1.67. The molecule has 0 atom stereocenters. The van der Waals surface area contributed by atoms with E-state index in [0.717, 1.165) is 23.6 Å². The molecule has 0 spiro atoms. The van der Waals surface area contributed by atoms with Crippen molar-refractivity contribution in [2.45, 2.75) is 47.6 Å². The van der Waals surface area contributed by atoms with E-state index in [1.807, 2.05) is 71.0 Å². The first-order valence-electron chi connectivity index (χ1n) is 9.10. The molecule has 0 aliphatic rings. The monoisotopic (exact) mass is 351 g/mol. The van der Waals surface area contributed by atoms with Crippen LogP contribution < -0.4 is 4.74 Å². The molecule has 0 bridgehead atoms. The normalized spacial score (nSPS) is 9.48. The number of aromatic nitrogens is 1. The average Bonchev–Trinajstić information content (AvgIpc) is 3.09. The van der Waals surface area contributed by atoms with Crippen molar-refractivity contribution in [3.63, 3.8) is 0 Å². The van der Waals surface area contributed by atoms with Gasteiger partial charge in [-0.2, -0.15) is 0 Å². The largest absolute Gasteiger partial charge is 0.491 e. The van der Waals surface area contributed by atoms with Gasteiger partial charge < -0.3 is 18.7 Å². The number of hydrogen-bond acceptors (Lipinski definition) is 5. The van der Waals surface area contributed by atoms with Crippen molar-refractivity contribution in [3.8, 4) is 5.75 Å². The van der Waals surface area contributed by atoms with E-state index in [1.54, 1.807) is 0 Å². The van der Waals surface area contributed by atoms with Crippen molar-refractivity contribution in [1.82, 2.24) is 5.16 Å². The molecular formula is C20H33NO4. The summed E-state index contributed by atoms with van der Waals surface area (Å²) in [6.45, 7) is 12.8. The molecule has 1 heterocycles. The van der Waals surface area contributed by atoms with Crippen LogP contribution >= 0.6 is 0 Å². The molecule has 0 aliphatic heterocycles. The topological polar surface area (TPSA) is 53.7 Å². The first-order chi connectivity index (χ1) is 12.3. The second kappa shape index (κ2) is 17.0. The zero-order valence-electron chi connectivity index (χ0n) is 16.3. The van der Waals surface area contributed by atoms with Crippen LogP contribution in [0.15, 0.2) is 40.9 Å². The first kappa shape index (κ1) is 23.1. The number of aryl methyl sites for hydroxylation is 1. The Morgan fingerprint density at radius 2 is 1.56 bits per heavy atom. The highest BCUT2D eigenvalue weighted by Gasteiger charge is 1.99. The van der Waals surface area contributed by atoms with Crippen LogP contribution in [-0.4, -0.2) is 31.6 Å². The van der Waals surface area contributed by atoms with Gasteiger partial charge in [0.25, 0.3) is 0 Å². The van der Waals surface area contributed by atoms with Gasteiger partial charge in [-0.05, 0) is 25.5 Å². The Labute approximate surface area is 152 Å². The number of benzene rings is 1. The number of hydrogen-bond donors (Lipinski definition) is 0. The molecule has 142 valence electrons. The number of rotatable bonds is 10. The van der Waals surface area contributed by atoms with Crippen LogP contribution in [-0.2, 0) is 16.1 Å². The van der Waals surface area contributed by atoms with Crippen molar-refractivity contribution in [2.75, 3.05) is 26.4 Å². The molecule has 0 radical (unpaired) electrons. The fourth-order valence-electron chi connectivity index (χ4n) is 1.76. The lowest BCUT2D eigenvalue weighted by Crippen LogP contribution is -2.08. The van der Waals surface area contributed by atoms with Crippen LogP contribution in [0.2, 0.25) is 0 Å². The van der Waals surface area contributed by atoms with E-state index in [4.69, 9.17) is 18.7 Å². The van der Waals surface area contributed by atoms with Crippen molar-refractivity contribution in [3.05, 3.63) is 47.9 Å². The standard InChI is InChI=1S/C16H21NO4.2C2H6/c1-14-12-15(17-21-14)13-19-9-5-8-18-10-11-20-16-6-3-2-4-7-16;2*1-2/h2-4,6-7,12H,5,8-11,13H2,1H3;2*1-2H3. The van der Waals surface area contributed by atoms with E-state index in [0.29, 0.717) is 33.0 Å². The van der Waals surface area contributed by atoms with Crippen LogP contribution in [0.25, 0.3) is 0 Å². The van der Waals surface area contributed by atoms with Gasteiger partial charge >= 0.3 is 0 Å². The Bertz CT molecular complexity index is 499. The minimum atomic E-state index is 0.481. The predicted octanol–water partition coefficient (Wildman–Crippen LogP) is 5.04. The third kappa shape index (κ3) is 12.2. The van der Waals surface area contributed by atoms with Gasteiger partial charge in [-0.25, -0.2) is 0 Å². The Hall–Kier alpha value is -1.85. The summed E-state index contributed by atoms with van der Waals surface area (Å²) >= 11 is 0. The molecule has 0 saturated carbocycles. The van der Waals surface area contributed by atoms with Crippen molar-refractivity contribution >= 4 is 0 Å². The van der Waals surface area contributed by atoms with Crippen molar-refractivity contribution in [1.29, 1.82) is 0 Å². The van der Waals surface area contributed by atoms with E-state index in [1.165, 1.54) is 0 Å². The van der Waals surface area contributed by atoms with E-state index in [9.17, 15) is 0 Å². The zero-order chi connectivity index (χ0) is 18.8. The van der Waals surface area contributed by atoms with Gasteiger partial charge in [0.1, 0.15) is 23.8 Å². The molecule has 5 nitrogen and oxygen atoms in total. The summed E-state index contributed by atoms with van der Waals surface area (Å²) in [5.41, 5.74) is 0.824. The van der Waals surface area contributed by atoms with Crippen LogP contribution in [0, 0.1) is 6.92 Å². The maximum atomic E-state index is 5.52. The lowest BCUT2D eigenvalue weighted by molar-refractivity contribution is 0.0617. The molecule has 0 aliphatic carbocycles. The molecule has 0 saturated heterocycles. The van der Waals surface area contributed by atoms with Crippen molar-refractivity contribution < 1.29 is 18.7 Å². The van der Waals surface area contributed by atoms with Crippen LogP contribution in [0.3, 0.4) is 0 Å². The molecule has 2 aromatic rings. The molecule has 25 heavy (non-hydrogen) atoms. The van der Waals surface area contributed by atoms with Gasteiger partial charge in [0.05, 0.1) is 13.2 Å².